The van der Waals surface area contributed by atoms with Gasteiger partial charge in [-0.2, -0.15) is 14.9 Å². The monoisotopic (exact) mass is 287 g/mol. The van der Waals surface area contributed by atoms with Crippen molar-refractivity contribution in [3.05, 3.63) is 30.1 Å². The van der Waals surface area contributed by atoms with E-state index < -0.39 is 0 Å². The average molecular weight is 287 g/mol. The number of aromatic nitrogens is 4. The molecule has 0 aliphatic carbocycles. The van der Waals surface area contributed by atoms with Crippen molar-refractivity contribution in [2.75, 3.05) is 18.5 Å². The lowest BCUT2D eigenvalue weighted by Gasteiger charge is -2.21. The summed E-state index contributed by atoms with van der Waals surface area (Å²) in [4.78, 5) is 12.2. The van der Waals surface area contributed by atoms with Gasteiger partial charge in [-0.05, 0) is 31.9 Å². The second-order valence-electron chi connectivity index (χ2n) is 5.06. The number of anilines is 1. The van der Waals surface area contributed by atoms with Crippen LogP contribution < -0.4 is 5.32 Å². The van der Waals surface area contributed by atoms with Crippen LogP contribution in [0.3, 0.4) is 0 Å². The lowest BCUT2D eigenvalue weighted by Crippen LogP contribution is -2.30. The van der Waals surface area contributed by atoms with Gasteiger partial charge in [0.2, 0.25) is 5.91 Å². The van der Waals surface area contributed by atoms with E-state index >= 15 is 0 Å². The molecule has 0 aromatic carbocycles. The first-order valence-electron chi connectivity index (χ1n) is 6.97. The molecule has 3 heterocycles. The fourth-order valence-corrected chi connectivity index (χ4v) is 2.26. The van der Waals surface area contributed by atoms with Gasteiger partial charge in [-0.3, -0.25) is 4.79 Å². The smallest absolute Gasteiger partial charge is 0.230 e. The molecule has 0 saturated carbocycles. The molecule has 1 saturated heterocycles. The van der Waals surface area contributed by atoms with E-state index in [2.05, 4.69) is 20.6 Å². The van der Waals surface area contributed by atoms with Crippen LogP contribution in [0.15, 0.2) is 24.4 Å². The van der Waals surface area contributed by atoms with Crippen LogP contribution in [-0.4, -0.2) is 39.1 Å². The zero-order valence-corrected chi connectivity index (χ0v) is 11.8. The van der Waals surface area contributed by atoms with Crippen LogP contribution in [0.25, 0.3) is 5.82 Å². The van der Waals surface area contributed by atoms with Crippen LogP contribution in [-0.2, 0) is 9.53 Å². The Morgan fingerprint density at radius 3 is 3.00 bits per heavy atom. The number of ether oxygens (including phenoxy) is 1. The largest absolute Gasteiger partial charge is 0.381 e. The minimum atomic E-state index is -0.105. The van der Waals surface area contributed by atoms with Gasteiger partial charge < -0.3 is 10.1 Å². The molecule has 1 aliphatic rings. The number of nitrogens with one attached hydrogen (secondary N) is 1. The summed E-state index contributed by atoms with van der Waals surface area (Å²) < 4.78 is 6.91. The lowest BCUT2D eigenvalue weighted by atomic mass is 10.0. The molecule has 0 radical (unpaired) electrons. The van der Waals surface area contributed by atoms with Gasteiger partial charge in [0.1, 0.15) is 5.82 Å². The first kappa shape index (κ1) is 13.7. The normalized spacial score (nSPS) is 18.4. The van der Waals surface area contributed by atoms with Crippen molar-refractivity contribution >= 4 is 11.7 Å². The van der Waals surface area contributed by atoms with Gasteiger partial charge in [0, 0.05) is 12.7 Å². The number of hydrogen-bond donors (Lipinski definition) is 1. The molecule has 7 nitrogen and oxygen atoms in total. The van der Waals surface area contributed by atoms with Crippen LogP contribution in [0.2, 0.25) is 0 Å². The number of rotatable bonds is 3. The van der Waals surface area contributed by atoms with Gasteiger partial charge in [-0.15, -0.1) is 5.10 Å². The first-order chi connectivity index (χ1) is 10.2. The molecule has 21 heavy (non-hydrogen) atoms. The molecule has 1 N–H and O–H groups in total. The van der Waals surface area contributed by atoms with Gasteiger partial charge >= 0.3 is 0 Å². The Bertz CT molecular complexity index is 617. The van der Waals surface area contributed by atoms with Crippen LogP contribution >= 0.6 is 0 Å². The number of carbonyl (C=O) groups is 1. The Morgan fingerprint density at radius 2 is 2.29 bits per heavy atom. The summed E-state index contributed by atoms with van der Waals surface area (Å²) in [6.07, 6.45) is 3.39. The van der Waals surface area contributed by atoms with Gasteiger partial charge in [0.05, 0.1) is 24.4 Å². The topological polar surface area (TPSA) is 81.9 Å². The van der Waals surface area contributed by atoms with E-state index in [1.54, 1.807) is 16.9 Å². The van der Waals surface area contributed by atoms with Gasteiger partial charge in [-0.25, -0.2) is 0 Å². The maximum atomic E-state index is 12.2. The summed E-state index contributed by atoms with van der Waals surface area (Å²) in [6.45, 7) is 3.08. The molecule has 3 rings (SSSR count). The second kappa shape index (κ2) is 6.01. The number of nitrogens with zero attached hydrogens (tertiary/aromatic N) is 4. The van der Waals surface area contributed by atoms with E-state index in [-0.39, 0.29) is 11.8 Å². The number of amides is 1. The number of carbonyl (C=O) groups excluding carboxylic acids is 1. The molecule has 1 unspecified atom stereocenters. The zero-order valence-electron chi connectivity index (χ0n) is 11.8. The minimum absolute atomic E-state index is 0.0449. The maximum Gasteiger partial charge on any atom is 0.230 e. The van der Waals surface area contributed by atoms with Crippen LogP contribution in [0.5, 0.6) is 0 Å². The van der Waals surface area contributed by atoms with Crippen LogP contribution in [0.4, 0.5) is 5.82 Å². The van der Waals surface area contributed by atoms with E-state index in [1.807, 2.05) is 19.1 Å². The van der Waals surface area contributed by atoms with E-state index in [9.17, 15) is 4.79 Å². The maximum absolute atomic E-state index is 12.2. The summed E-state index contributed by atoms with van der Waals surface area (Å²) >= 11 is 0. The van der Waals surface area contributed by atoms with E-state index in [1.165, 1.54) is 0 Å². The Hall–Kier alpha value is -2.28. The quantitative estimate of drug-likeness (QED) is 0.921. The Labute approximate surface area is 122 Å². The van der Waals surface area contributed by atoms with Gasteiger partial charge in [0.25, 0.3) is 0 Å². The highest BCUT2D eigenvalue weighted by Crippen LogP contribution is 2.18. The van der Waals surface area contributed by atoms with Crippen molar-refractivity contribution in [2.45, 2.75) is 19.8 Å². The zero-order chi connectivity index (χ0) is 14.7. The Balaban J connectivity index is 1.76. The van der Waals surface area contributed by atoms with E-state index in [4.69, 9.17) is 4.74 Å². The molecule has 2 aromatic heterocycles. The third-order valence-corrected chi connectivity index (χ3v) is 3.43. The summed E-state index contributed by atoms with van der Waals surface area (Å²) in [6, 6.07) is 5.41. The molecular formula is C14H17N5O2. The highest BCUT2D eigenvalue weighted by Gasteiger charge is 2.23. The van der Waals surface area contributed by atoms with Crippen molar-refractivity contribution in [3.63, 3.8) is 0 Å². The van der Waals surface area contributed by atoms with Crippen molar-refractivity contribution < 1.29 is 9.53 Å². The fourth-order valence-electron chi connectivity index (χ4n) is 2.26. The average Bonchev–Trinajstić information content (AvgIpc) is 2.97. The molecule has 110 valence electrons. The molecule has 0 bridgehead atoms. The van der Waals surface area contributed by atoms with Crippen LogP contribution in [0.1, 0.15) is 18.5 Å². The Kier molecular flexibility index (Phi) is 3.92. The molecule has 1 amide bonds. The van der Waals surface area contributed by atoms with Gasteiger partial charge in [0.15, 0.2) is 5.82 Å². The highest BCUT2D eigenvalue weighted by atomic mass is 16.5. The van der Waals surface area contributed by atoms with Crippen molar-refractivity contribution in [1.82, 2.24) is 20.0 Å². The van der Waals surface area contributed by atoms with Crippen LogP contribution in [0, 0.1) is 12.8 Å². The summed E-state index contributed by atoms with van der Waals surface area (Å²) in [7, 11) is 0. The third kappa shape index (κ3) is 3.08. The molecule has 2 aromatic rings. The molecule has 0 spiro atoms. The molecule has 7 heteroatoms. The lowest BCUT2D eigenvalue weighted by molar-refractivity contribution is -0.123. The van der Waals surface area contributed by atoms with Gasteiger partial charge in [-0.1, -0.05) is 0 Å². The number of hydrogen-bond acceptors (Lipinski definition) is 5. The predicted molar refractivity (Wildman–Crippen MR) is 76.1 cm³/mol. The Morgan fingerprint density at radius 1 is 1.38 bits per heavy atom. The van der Waals surface area contributed by atoms with E-state index in [0.717, 1.165) is 25.1 Å². The summed E-state index contributed by atoms with van der Waals surface area (Å²) in [5.74, 6) is 1.01. The SMILES string of the molecule is Cc1ccc(-n2nccc2NC(=O)C2CCCOC2)nn1. The fraction of sp³-hybridized carbons (Fsp3) is 0.429. The number of aryl methyl sites for hydroxylation is 1. The molecule has 1 aliphatic heterocycles. The van der Waals surface area contributed by atoms with Crippen molar-refractivity contribution in [3.8, 4) is 5.82 Å². The summed E-state index contributed by atoms with van der Waals surface area (Å²) in [5.41, 5.74) is 0.829. The second-order valence-corrected chi connectivity index (χ2v) is 5.06. The third-order valence-electron chi connectivity index (χ3n) is 3.43. The molecule has 1 atom stereocenters. The standard InChI is InChI=1S/C14H17N5O2/c1-10-4-5-13(18-17-10)19-12(6-7-15-19)16-14(20)11-3-2-8-21-9-11/h4-7,11H,2-3,8-9H2,1H3,(H,16,20). The first-order valence-corrected chi connectivity index (χ1v) is 6.97. The van der Waals surface area contributed by atoms with Crippen molar-refractivity contribution in [1.29, 1.82) is 0 Å². The summed E-state index contributed by atoms with van der Waals surface area (Å²) in [5, 5.41) is 15.1. The molecule has 1 fully saturated rings. The highest BCUT2D eigenvalue weighted by molar-refractivity contribution is 5.92. The minimum Gasteiger partial charge on any atom is -0.381 e. The molecular weight excluding hydrogens is 270 g/mol. The van der Waals surface area contributed by atoms with E-state index in [0.29, 0.717) is 18.2 Å². The van der Waals surface area contributed by atoms with Crippen molar-refractivity contribution in [2.24, 2.45) is 5.92 Å². The predicted octanol–water partition coefficient (Wildman–Crippen LogP) is 1.34.